The molecule has 14 nitrogen and oxygen atoms in total. The third-order valence-electron chi connectivity index (χ3n) is 17.0. The summed E-state index contributed by atoms with van der Waals surface area (Å²) in [6, 6.07) is 38.2. The second-order valence-corrected chi connectivity index (χ2v) is 29.5. The fourth-order valence-corrected chi connectivity index (χ4v) is 14.0. The molecule has 0 saturated carbocycles. The van der Waals surface area contributed by atoms with E-state index in [1.165, 1.54) is 31.2 Å². The Kier molecular flexibility index (Phi) is 44.7. The van der Waals surface area contributed by atoms with E-state index in [2.05, 4.69) is 34.8 Å². The topological polar surface area (TPSA) is 137 Å². The van der Waals surface area contributed by atoms with Crippen molar-refractivity contribution in [2.45, 2.75) is 103 Å². The number of halogens is 14. The Balaban J connectivity index is 0.000000544. The van der Waals surface area contributed by atoms with Crippen molar-refractivity contribution in [3.63, 3.8) is 0 Å². The molecule has 0 amide bonds. The minimum Gasteiger partial charge on any atom is -1.00 e. The number of esters is 1. The number of carbonyl (C=O) groups excluding carboxylic acids is 4. The number of hydrogen-bond acceptors (Lipinski definition) is 10. The van der Waals surface area contributed by atoms with Gasteiger partial charge in [-0.05, 0) is 106 Å². The van der Waals surface area contributed by atoms with Crippen LogP contribution in [0.25, 0.3) is 0 Å². The standard InChI is InChI=1S/C35H41BrCl4N2O5.C19H20Cl4NO3.C16H21Cl2NO2.CH3F.2ClH.Na/c1-41(22-26-10-13-29(36)14-11-26,24-28-7-5-8-31(38)34(28)40)19-20-45-35(44)47-25-46-33(43)9-6-18-42(16-3-2-4-17-42)23-27-12-15-30(37)32(39)21-27;1-24(9-10-26-19(25)27-13-20,11-14-5-7-16(21)8-6-14)12-15-3-2-4-17(22)18(15)23;17-14-7-6-13(11-15(14)18)12-19(8-2-1-3-9-19)10-4-5-16(20)21;1-2;;;/h5,7-8,10-15,21H,2-4,6,9,16-20,22-25H2,1H3;2-8H,9-13H2,1H3;6-7,11H,1-5,8-10,12H2;1H3;2*1H;/q+2;+1;;;;;+1/p-2/i;;;1D;;;. The van der Waals surface area contributed by atoms with Gasteiger partial charge in [0.2, 0.25) is 6.79 Å². The smallest absolute Gasteiger partial charge is 1.00 e. The summed E-state index contributed by atoms with van der Waals surface area (Å²) in [5.41, 5.74) is 6.34. The van der Waals surface area contributed by atoms with E-state index in [-0.39, 0.29) is 86.5 Å². The molecule has 6 aromatic carbocycles. The molecule has 546 valence electrons. The van der Waals surface area contributed by atoms with Gasteiger partial charge in [0.15, 0.2) is 6.07 Å². The van der Waals surface area contributed by atoms with Crippen molar-refractivity contribution in [3.05, 3.63) is 204 Å². The van der Waals surface area contributed by atoms with Crippen molar-refractivity contribution < 1.29 is 126 Å². The van der Waals surface area contributed by atoms with Crippen LogP contribution >= 0.6 is 132 Å². The predicted molar refractivity (Wildman–Crippen MR) is 390 cm³/mol. The molecule has 2 aliphatic rings. The van der Waals surface area contributed by atoms with E-state index in [1.54, 1.807) is 12.1 Å². The first-order chi connectivity index (χ1) is 46.7. The molecule has 6 aromatic rings. The van der Waals surface area contributed by atoms with Gasteiger partial charge in [0.1, 0.15) is 65.6 Å². The van der Waals surface area contributed by atoms with E-state index < -0.39 is 38.2 Å². The maximum absolute atomic E-state index is 12.5. The molecule has 2 unspecified atom stereocenters. The Hall–Kier alpha value is -2.47. The molecule has 2 atom stereocenters. The van der Waals surface area contributed by atoms with Gasteiger partial charge in [-0.1, -0.05) is 193 Å². The monoisotopic (exact) mass is 1700 g/mol. The van der Waals surface area contributed by atoms with Gasteiger partial charge in [-0.25, -0.2) is 9.59 Å². The number of rotatable bonds is 29. The number of carboxylic acids is 1. The number of ether oxygens (including phenoxy) is 5. The molecule has 0 spiro atoms. The van der Waals surface area contributed by atoms with Crippen molar-refractivity contribution in [2.24, 2.45) is 0 Å². The van der Waals surface area contributed by atoms with E-state index in [9.17, 15) is 28.7 Å². The number of quaternary nitrogens is 4. The molecule has 29 heteroatoms. The predicted octanol–water partition coefficient (Wildman–Crippen LogP) is 10.6. The van der Waals surface area contributed by atoms with Crippen LogP contribution in [0.15, 0.2) is 126 Å². The van der Waals surface area contributed by atoms with E-state index in [0.717, 1.165) is 106 Å². The maximum Gasteiger partial charge on any atom is 1.00 e. The van der Waals surface area contributed by atoms with Gasteiger partial charge in [0, 0.05) is 61.7 Å². The number of likely N-dealkylation sites (tertiary alicyclic amines) is 2. The molecule has 0 aromatic heterocycles. The van der Waals surface area contributed by atoms with Crippen molar-refractivity contribution in [2.75, 3.05) is 99.7 Å². The number of piperidine rings is 2. The van der Waals surface area contributed by atoms with Gasteiger partial charge >= 0.3 is 47.8 Å². The average molecular weight is 1700 g/mol. The Bertz CT molecular complexity index is 3490. The van der Waals surface area contributed by atoms with Crippen LogP contribution < -0.4 is 59.5 Å². The summed E-state index contributed by atoms with van der Waals surface area (Å²) in [6.07, 6.45) is 7.21. The van der Waals surface area contributed by atoms with Gasteiger partial charge in [-0.15, -0.1) is 0 Å². The number of hydrogen-bond donors (Lipinski definition) is 0. The van der Waals surface area contributed by atoms with Crippen molar-refractivity contribution in [1.82, 2.24) is 0 Å². The van der Waals surface area contributed by atoms with E-state index in [4.69, 9.17) is 136 Å². The molecular formula is C71H85BrCl12FN4NaO10+2. The van der Waals surface area contributed by atoms with Crippen LogP contribution in [0.5, 0.6) is 0 Å². The van der Waals surface area contributed by atoms with Gasteiger partial charge in [0.25, 0.3) is 0 Å². The molecule has 2 saturated heterocycles. The summed E-state index contributed by atoms with van der Waals surface area (Å²) in [5.74, 6) is -1.38. The minimum atomic E-state index is -1.00. The number of likely N-dealkylation sites (N-methyl/N-ethyl adjacent to an activating group) is 2. The number of carboxylic acid groups (broad SMARTS) is 1. The van der Waals surface area contributed by atoms with Crippen LogP contribution in [-0.4, -0.2) is 142 Å². The molecule has 0 N–H and O–H groups in total. The second-order valence-electron chi connectivity index (χ2n) is 24.8. The van der Waals surface area contributed by atoms with Crippen LogP contribution in [0, 0.1) is 0 Å². The minimum absolute atomic E-state index is 0. The van der Waals surface area contributed by atoms with Crippen molar-refractivity contribution in [1.29, 1.82) is 0 Å². The van der Waals surface area contributed by atoms with Crippen molar-refractivity contribution in [3.8, 4) is 0 Å². The number of carbonyl (C=O) groups is 4. The SMILES string of the molecule is C[N+](CCOC(=O)OCCl)(Cc1ccc(Cl)cc1)Cc1cccc(Cl)c1Cl.C[N+](CCOC(=O)OCOC(=O)CCC[N+]1(Cc2ccc(Cl)c(Cl)c2)CCCCC1)(Cc1ccc(Br)cc1)Cc1cccc(Cl)c1Cl.O=C([O-])CCC[N+]1(Cc2ccc(Cl)c(Cl)c2)CCCCC1.[2H]CF.[Cl-].[Cl-].[Na+]. The van der Waals surface area contributed by atoms with Crippen molar-refractivity contribution >= 4 is 156 Å². The summed E-state index contributed by atoms with van der Waals surface area (Å²) >= 11 is 64.6. The summed E-state index contributed by atoms with van der Waals surface area (Å²) in [5, 5.41) is 15.6. The van der Waals surface area contributed by atoms with Gasteiger partial charge in [-0.3, -0.25) is 9.18 Å². The fourth-order valence-electron chi connectivity index (χ4n) is 12.2. The quantitative estimate of drug-likeness (QED) is 0.0111. The van der Waals surface area contributed by atoms with Crippen LogP contribution in [-0.2, 0) is 72.5 Å². The fraction of sp³-hybridized carbons (Fsp3) is 0.437. The van der Waals surface area contributed by atoms with Gasteiger partial charge < -0.3 is 76.3 Å². The summed E-state index contributed by atoms with van der Waals surface area (Å²) in [7, 11) is 3.12. The van der Waals surface area contributed by atoms with Crippen LogP contribution in [0.2, 0.25) is 45.2 Å². The van der Waals surface area contributed by atoms with Crippen LogP contribution in [0.3, 0.4) is 0 Å². The number of benzene rings is 6. The average Bonchev–Trinajstić information content (AvgIpc) is 0.853. The molecule has 2 fully saturated rings. The molecular weight excluding hydrogens is 1620 g/mol. The van der Waals surface area contributed by atoms with Crippen LogP contribution in [0.1, 0.15) is 99.0 Å². The summed E-state index contributed by atoms with van der Waals surface area (Å²) < 4.78 is 44.6. The summed E-state index contributed by atoms with van der Waals surface area (Å²) in [4.78, 5) is 46.8. The summed E-state index contributed by atoms with van der Waals surface area (Å²) in [6.45, 7) is 11.1. The first kappa shape index (κ1) is 91.7. The molecule has 2 heterocycles. The zero-order valence-corrected chi connectivity index (χ0v) is 68.9. The Labute approximate surface area is 683 Å². The number of aliphatic carboxylic acids is 1. The normalized spacial score (nSPS) is 14.7. The van der Waals surface area contributed by atoms with Crippen LogP contribution in [0.4, 0.5) is 14.0 Å². The Morgan fingerprint density at radius 2 is 0.920 bits per heavy atom. The molecule has 0 aliphatic carbocycles. The molecule has 0 radical (unpaired) electrons. The zero-order valence-electron chi connectivity index (χ0n) is 57.2. The first-order valence-corrected chi connectivity index (χ1v) is 36.4. The number of nitrogens with zero attached hydrogens (tertiary/aromatic N) is 4. The first-order valence-electron chi connectivity index (χ1n) is 32.4. The molecule has 100 heavy (non-hydrogen) atoms. The third kappa shape index (κ3) is 34.0. The third-order valence-corrected chi connectivity index (χ3v) is 21.0. The maximum atomic E-state index is 12.5. The largest absolute Gasteiger partial charge is 1.00 e. The molecule has 0 bridgehead atoms. The van der Waals surface area contributed by atoms with E-state index in [0.29, 0.717) is 106 Å². The van der Waals surface area contributed by atoms with Gasteiger partial charge in [0.05, 0.1) is 108 Å². The van der Waals surface area contributed by atoms with Gasteiger partial charge in [-0.2, -0.15) is 0 Å². The number of alkyl halides is 2. The molecule has 8 rings (SSSR count). The molecule has 2 aliphatic heterocycles. The zero-order chi connectivity index (χ0) is 71.7. The Morgan fingerprint density at radius 3 is 1.33 bits per heavy atom. The Morgan fingerprint density at radius 1 is 0.520 bits per heavy atom. The second kappa shape index (κ2) is 48.7. The van der Waals surface area contributed by atoms with E-state index in [1.807, 2.05) is 109 Å². The van der Waals surface area contributed by atoms with E-state index >= 15 is 0 Å².